The predicted octanol–water partition coefficient (Wildman–Crippen LogP) is 2.71. The number of carbonyl (C=O) groups is 1. The summed E-state index contributed by atoms with van der Waals surface area (Å²) in [6.07, 6.45) is 2.26. The highest BCUT2D eigenvalue weighted by atomic mass is 35.5. The largest absolute Gasteiger partial charge is 0.387 e. The molecule has 2 rings (SSSR count). The fraction of sp³-hybridized carbons (Fsp3) is 0.143. The first-order valence-corrected chi connectivity index (χ1v) is 6.54. The first kappa shape index (κ1) is 15.8. The van der Waals surface area contributed by atoms with Gasteiger partial charge in [-0.1, -0.05) is 11.6 Å². The Hall–Kier alpha value is -2.54. The highest BCUT2D eigenvalue weighted by molar-refractivity contribution is 6.30. The molecule has 0 radical (unpaired) electrons. The summed E-state index contributed by atoms with van der Waals surface area (Å²) < 4.78 is 18.5. The van der Waals surface area contributed by atoms with E-state index in [1.165, 1.54) is 18.5 Å². The van der Waals surface area contributed by atoms with Crippen LogP contribution in [0.15, 0.2) is 35.5 Å². The van der Waals surface area contributed by atoms with Crippen molar-refractivity contribution >= 4 is 29.7 Å². The molecule has 0 atom stereocenters. The molecule has 0 aliphatic rings. The molecule has 0 aliphatic carbocycles. The lowest BCUT2D eigenvalue weighted by Gasteiger charge is -2.05. The quantitative estimate of drug-likeness (QED) is 0.492. The molecule has 1 heterocycles. The molecular weight excluding hydrogens is 311 g/mol. The number of rotatable bonds is 4. The Morgan fingerprint density at radius 1 is 1.36 bits per heavy atom. The minimum Gasteiger partial charge on any atom is -0.387 e. The molecule has 0 aliphatic heterocycles. The van der Waals surface area contributed by atoms with Crippen LogP contribution < -0.4 is 4.74 Å². The molecule has 114 valence electrons. The molecule has 8 heteroatoms. The standard InChI is InChI=1S/C14H12ClFN4O2/c1-20(2)8-18-12-11(16)7-17-14(19-12)22-13(21)9-3-5-10(15)6-4-9/h3-8H,1-2H3. The summed E-state index contributed by atoms with van der Waals surface area (Å²) in [6.45, 7) is 0. The third kappa shape index (κ3) is 4.23. The minimum atomic E-state index is -0.718. The van der Waals surface area contributed by atoms with E-state index in [9.17, 15) is 9.18 Å². The molecule has 22 heavy (non-hydrogen) atoms. The first-order chi connectivity index (χ1) is 10.5. The maximum absolute atomic E-state index is 13.5. The van der Waals surface area contributed by atoms with Crippen molar-refractivity contribution in [3.8, 4) is 6.01 Å². The zero-order valence-corrected chi connectivity index (χ0v) is 12.6. The third-order valence-corrected chi connectivity index (χ3v) is 2.63. The van der Waals surface area contributed by atoms with Gasteiger partial charge < -0.3 is 9.64 Å². The van der Waals surface area contributed by atoms with E-state index < -0.39 is 11.8 Å². The monoisotopic (exact) mass is 322 g/mol. The van der Waals surface area contributed by atoms with Gasteiger partial charge in [-0.05, 0) is 24.3 Å². The highest BCUT2D eigenvalue weighted by Crippen LogP contribution is 2.17. The number of aliphatic imine (C=N–C) groups is 1. The summed E-state index contributed by atoms with van der Waals surface area (Å²) in [5, 5.41) is 0.495. The van der Waals surface area contributed by atoms with Crippen molar-refractivity contribution in [3.05, 3.63) is 46.9 Å². The smallest absolute Gasteiger partial charge is 0.345 e. The van der Waals surface area contributed by atoms with Crippen molar-refractivity contribution < 1.29 is 13.9 Å². The van der Waals surface area contributed by atoms with Crippen molar-refractivity contribution in [3.63, 3.8) is 0 Å². The van der Waals surface area contributed by atoms with E-state index in [-0.39, 0.29) is 17.4 Å². The highest BCUT2D eigenvalue weighted by Gasteiger charge is 2.13. The lowest BCUT2D eigenvalue weighted by atomic mass is 10.2. The van der Waals surface area contributed by atoms with Gasteiger partial charge in [0.2, 0.25) is 0 Å². The van der Waals surface area contributed by atoms with Gasteiger partial charge in [-0.3, -0.25) is 0 Å². The number of hydrogen-bond acceptors (Lipinski definition) is 5. The van der Waals surface area contributed by atoms with Crippen LogP contribution in [0, 0.1) is 5.82 Å². The number of benzene rings is 1. The molecule has 6 nitrogen and oxygen atoms in total. The maximum Gasteiger partial charge on any atom is 0.345 e. The van der Waals surface area contributed by atoms with Gasteiger partial charge in [-0.15, -0.1) is 0 Å². The van der Waals surface area contributed by atoms with Crippen molar-refractivity contribution in [2.24, 2.45) is 4.99 Å². The molecule has 0 saturated heterocycles. The SMILES string of the molecule is CN(C)C=Nc1nc(OC(=O)c2ccc(Cl)cc2)ncc1F. The molecule has 1 aromatic carbocycles. The first-order valence-electron chi connectivity index (χ1n) is 6.16. The van der Waals surface area contributed by atoms with E-state index in [4.69, 9.17) is 16.3 Å². The van der Waals surface area contributed by atoms with Gasteiger partial charge in [-0.2, -0.15) is 4.98 Å². The van der Waals surface area contributed by atoms with Crippen LogP contribution in [-0.4, -0.2) is 41.3 Å². The van der Waals surface area contributed by atoms with E-state index in [2.05, 4.69) is 15.0 Å². The predicted molar refractivity (Wildman–Crippen MR) is 80.2 cm³/mol. The summed E-state index contributed by atoms with van der Waals surface area (Å²) in [4.78, 5) is 24.7. The van der Waals surface area contributed by atoms with Crippen molar-refractivity contribution in [1.82, 2.24) is 14.9 Å². The zero-order chi connectivity index (χ0) is 16.1. The van der Waals surface area contributed by atoms with E-state index in [1.807, 2.05) is 0 Å². The normalized spacial score (nSPS) is 10.7. The van der Waals surface area contributed by atoms with Crippen LogP contribution in [0.2, 0.25) is 5.02 Å². The van der Waals surface area contributed by atoms with Crippen molar-refractivity contribution in [1.29, 1.82) is 0 Å². The van der Waals surface area contributed by atoms with E-state index in [1.54, 1.807) is 31.1 Å². The summed E-state index contributed by atoms with van der Waals surface area (Å²) in [5.41, 5.74) is 0.274. The molecular formula is C14H12ClFN4O2. The molecule has 0 amide bonds. The molecule has 0 bridgehead atoms. The third-order valence-electron chi connectivity index (χ3n) is 2.38. The number of carbonyl (C=O) groups excluding carboxylic acids is 1. The van der Waals surface area contributed by atoms with Gasteiger partial charge in [0.15, 0.2) is 11.6 Å². The summed E-state index contributed by atoms with van der Waals surface area (Å²) in [6, 6.07) is 5.82. The van der Waals surface area contributed by atoms with Crippen molar-refractivity contribution in [2.45, 2.75) is 0 Å². The van der Waals surface area contributed by atoms with Gasteiger partial charge in [0.05, 0.1) is 18.1 Å². The van der Waals surface area contributed by atoms with Crippen LogP contribution in [0.5, 0.6) is 6.01 Å². The Labute approximate surface area is 131 Å². The zero-order valence-electron chi connectivity index (χ0n) is 11.8. The number of halogens is 2. The topological polar surface area (TPSA) is 67.7 Å². The Balaban J connectivity index is 2.17. The summed E-state index contributed by atoms with van der Waals surface area (Å²) in [7, 11) is 3.45. The Kier molecular flexibility index (Phi) is 5.00. The molecule has 2 aromatic rings. The van der Waals surface area contributed by atoms with Gasteiger partial charge >= 0.3 is 12.0 Å². The second-order valence-electron chi connectivity index (χ2n) is 4.43. The number of nitrogens with zero attached hydrogens (tertiary/aromatic N) is 4. The number of aromatic nitrogens is 2. The van der Waals surface area contributed by atoms with E-state index >= 15 is 0 Å². The lowest BCUT2D eigenvalue weighted by molar-refractivity contribution is 0.0719. The van der Waals surface area contributed by atoms with Crippen molar-refractivity contribution in [2.75, 3.05) is 14.1 Å². The second-order valence-corrected chi connectivity index (χ2v) is 4.87. The molecule has 1 aromatic heterocycles. The van der Waals surface area contributed by atoms with Gasteiger partial charge in [0.25, 0.3) is 0 Å². The number of ether oxygens (including phenoxy) is 1. The van der Waals surface area contributed by atoms with Crippen LogP contribution in [0.4, 0.5) is 10.2 Å². The number of esters is 1. The maximum atomic E-state index is 13.5. The average molecular weight is 323 g/mol. The lowest BCUT2D eigenvalue weighted by Crippen LogP contribution is -2.11. The molecule has 0 unspecified atom stereocenters. The molecule has 0 spiro atoms. The van der Waals surface area contributed by atoms with E-state index in [0.717, 1.165) is 6.20 Å². The Morgan fingerprint density at radius 3 is 2.68 bits per heavy atom. The van der Waals surface area contributed by atoms with Crippen LogP contribution in [0.1, 0.15) is 10.4 Å². The summed E-state index contributed by atoms with van der Waals surface area (Å²) >= 11 is 5.74. The van der Waals surface area contributed by atoms with Crippen LogP contribution in [0.25, 0.3) is 0 Å². The molecule has 0 fully saturated rings. The van der Waals surface area contributed by atoms with E-state index in [0.29, 0.717) is 5.02 Å². The molecule has 0 saturated carbocycles. The fourth-order valence-electron chi connectivity index (χ4n) is 1.38. The summed E-state index contributed by atoms with van der Waals surface area (Å²) in [5.74, 6) is -1.61. The Bertz CT molecular complexity index is 704. The van der Waals surface area contributed by atoms with Crippen LogP contribution in [-0.2, 0) is 0 Å². The van der Waals surface area contributed by atoms with Crippen LogP contribution in [0.3, 0.4) is 0 Å². The number of hydrogen-bond donors (Lipinski definition) is 0. The Morgan fingerprint density at radius 2 is 2.05 bits per heavy atom. The minimum absolute atomic E-state index is 0.220. The average Bonchev–Trinajstić information content (AvgIpc) is 2.48. The molecule has 0 N–H and O–H groups in total. The van der Waals surface area contributed by atoms with Gasteiger partial charge in [-0.25, -0.2) is 19.2 Å². The van der Waals surface area contributed by atoms with Crippen LogP contribution >= 0.6 is 11.6 Å². The van der Waals surface area contributed by atoms with Gasteiger partial charge in [0, 0.05) is 19.1 Å². The second kappa shape index (κ2) is 6.95. The fourth-order valence-corrected chi connectivity index (χ4v) is 1.51. The van der Waals surface area contributed by atoms with Gasteiger partial charge in [0.1, 0.15) is 0 Å².